The van der Waals surface area contributed by atoms with Gasteiger partial charge in [0.2, 0.25) is 0 Å². The molecule has 1 heterocycles. The van der Waals surface area contributed by atoms with Crippen LogP contribution in [0.1, 0.15) is 46.0 Å². The van der Waals surface area contributed by atoms with Crippen molar-refractivity contribution in [3.05, 3.63) is 0 Å². The van der Waals surface area contributed by atoms with Crippen molar-refractivity contribution in [2.24, 2.45) is 5.41 Å². The van der Waals surface area contributed by atoms with Gasteiger partial charge in [0.05, 0.1) is 17.6 Å². The summed E-state index contributed by atoms with van der Waals surface area (Å²) in [4.78, 5) is 0. The van der Waals surface area contributed by atoms with Crippen molar-refractivity contribution in [3.63, 3.8) is 0 Å². The summed E-state index contributed by atoms with van der Waals surface area (Å²) in [5, 5.41) is 12.2. The Hall–Kier alpha value is -0.590. The molecule has 0 radical (unpaired) electrons. The van der Waals surface area contributed by atoms with Crippen LogP contribution in [0.4, 0.5) is 0 Å². The van der Waals surface area contributed by atoms with Crippen molar-refractivity contribution in [3.8, 4) is 6.07 Å². The Morgan fingerprint density at radius 2 is 2.00 bits per heavy atom. The van der Waals surface area contributed by atoms with Gasteiger partial charge >= 0.3 is 0 Å². The van der Waals surface area contributed by atoms with Crippen molar-refractivity contribution in [1.29, 1.82) is 5.26 Å². The van der Waals surface area contributed by atoms with Crippen LogP contribution >= 0.6 is 0 Å². The molecular formula is C13H24N2O. The van der Waals surface area contributed by atoms with E-state index in [2.05, 4.69) is 11.4 Å². The third-order valence-corrected chi connectivity index (χ3v) is 3.14. The number of ether oxygens (including phenoxy) is 1. The van der Waals surface area contributed by atoms with Gasteiger partial charge < -0.3 is 10.1 Å². The molecule has 0 aliphatic carbocycles. The molecule has 1 N–H and O–H groups in total. The fourth-order valence-corrected chi connectivity index (χ4v) is 1.94. The Bertz CT molecular complexity index is 227. The van der Waals surface area contributed by atoms with E-state index in [1.807, 2.05) is 13.8 Å². The fraction of sp³-hybridized carbons (Fsp3) is 0.923. The molecule has 3 nitrogen and oxygen atoms in total. The second kappa shape index (κ2) is 6.88. The van der Waals surface area contributed by atoms with Crippen LogP contribution in [-0.2, 0) is 4.74 Å². The van der Waals surface area contributed by atoms with E-state index in [1.54, 1.807) is 0 Å². The monoisotopic (exact) mass is 224 g/mol. The smallest absolute Gasteiger partial charge is 0.0683 e. The summed E-state index contributed by atoms with van der Waals surface area (Å²) in [6.07, 6.45) is 5.89. The number of rotatable bonds is 6. The van der Waals surface area contributed by atoms with Gasteiger partial charge in [-0.3, -0.25) is 0 Å². The summed E-state index contributed by atoms with van der Waals surface area (Å²) in [6.45, 7) is 7.03. The number of hydrogen-bond acceptors (Lipinski definition) is 3. The van der Waals surface area contributed by atoms with Crippen molar-refractivity contribution in [2.45, 2.75) is 52.1 Å². The third kappa shape index (κ3) is 5.48. The molecule has 0 spiro atoms. The zero-order chi connectivity index (χ0) is 11.9. The van der Waals surface area contributed by atoms with Gasteiger partial charge in [-0.05, 0) is 59.0 Å². The standard InChI is InChI=1S/C13H24N2O/c1-13(2,11-14)7-3-4-10-16-12-5-8-15-9-6-12/h12,15H,3-10H2,1-2H3. The third-order valence-electron chi connectivity index (χ3n) is 3.14. The molecule has 16 heavy (non-hydrogen) atoms. The highest BCUT2D eigenvalue weighted by atomic mass is 16.5. The van der Waals surface area contributed by atoms with Gasteiger partial charge in [-0.2, -0.15) is 5.26 Å². The lowest BCUT2D eigenvalue weighted by Gasteiger charge is -2.23. The Balaban J connectivity index is 1.97. The van der Waals surface area contributed by atoms with Gasteiger partial charge in [-0.1, -0.05) is 0 Å². The predicted octanol–water partition coefficient (Wildman–Crippen LogP) is 2.48. The summed E-state index contributed by atoms with van der Waals surface area (Å²) >= 11 is 0. The first-order chi connectivity index (χ1) is 7.64. The Morgan fingerprint density at radius 3 is 2.62 bits per heavy atom. The molecule has 1 aliphatic rings. The maximum atomic E-state index is 8.87. The summed E-state index contributed by atoms with van der Waals surface area (Å²) in [6, 6.07) is 2.33. The minimum atomic E-state index is -0.172. The number of nitriles is 1. The minimum absolute atomic E-state index is 0.172. The molecule has 0 unspecified atom stereocenters. The first kappa shape index (κ1) is 13.5. The van der Waals surface area contributed by atoms with Gasteiger partial charge in [0.1, 0.15) is 0 Å². The molecule has 1 rings (SSSR count). The van der Waals surface area contributed by atoms with E-state index in [1.165, 1.54) is 0 Å². The SMILES string of the molecule is CC(C)(C#N)CCCCOC1CCNCC1. The quantitative estimate of drug-likeness (QED) is 0.705. The summed E-state index contributed by atoms with van der Waals surface area (Å²) < 4.78 is 5.81. The van der Waals surface area contributed by atoms with Crippen LogP contribution in [0.5, 0.6) is 0 Å². The zero-order valence-corrected chi connectivity index (χ0v) is 10.6. The second-order valence-corrected chi connectivity index (χ2v) is 5.27. The number of piperidine rings is 1. The van der Waals surface area contributed by atoms with Gasteiger partial charge in [0.25, 0.3) is 0 Å². The average Bonchev–Trinajstić information content (AvgIpc) is 2.30. The van der Waals surface area contributed by atoms with E-state index in [0.717, 1.165) is 51.8 Å². The van der Waals surface area contributed by atoms with Crippen LogP contribution in [0.3, 0.4) is 0 Å². The minimum Gasteiger partial charge on any atom is -0.378 e. The van der Waals surface area contributed by atoms with E-state index in [-0.39, 0.29) is 5.41 Å². The highest BCUT2D eigenvalue weighted by Gasteiger charge is 2.16. The van der Waals surface area contributed by atoms with Gasteiger partial charge in [-0.25, -0.2) is 0 Å². The molecular weight excluding hydrogens is 200 g/mol. The van der Waals surface area contributed by atoms with Crippen LogP contribution < -0.4 is 5.32 Å². The molecule has 0 atom stereocenters. The molecule has 0 aromatic carbocycles. The normalized spacial score (nSPS) is 18.3. The Labute approximate surface area is 99.2 Å². The largest absolute Gasteiger partial charge is 0.378 e. The molecule has 92 valence electrons. The highest BCUT2D eigenvalue weighted by Crippen LogP contribution is 2.21. The lowest BCUT2D eigenvalue weighted by molar-refractivity contribution is 0.0302. The number of unbranched alkanes of at least 4 members (excludes halogenated alkanes) is 1. The molecule has 1 fully saturated rings. The molecule has 0 bridgehead atoms. The number of nitrogens with zero attached hydrogens (tertiary/aromatic N) is 1. The molecule has 0 saturated carbocycles. The summed E-state index contributed by atoms with van der Waals surface area (Å²) in [5.74, 6) is 0. The predicted molar refractivity (Wildman–Crippen MR) is 65.1 cm³/mol. The van der Waals surface area contributed by atoms with E-state index in [9.17, 15) is 0 Å². The first-order valence-corrected chi connectivity index (χ1v) is 6.38. The van der Waals surface area contributed by atoms with Crippen molar-refractivity contribution >= 4 is 0 Å². The topological polar surface area (TPSA) is 45.0 Å². The van der Waals surface area contributed by atoms with E-state index < -0.39 is 0 Å². The number of nitrogens with one attached hydrogen (secondary N) is 1. The fourth-order valence-electron chi connectivity index (χ4n) is 1.94. The van der Waals surface area contributed by atoms with E-state index >= 15 is 0 Å². The molecule has 1 saturated heterocycles. The van der Waals surface area contributed by atoms with Crippen LogP contribution in [0.15, 0.2) is 0 Å². The molecule has 0 aromatic heterocycles. The van der Waals surface area contributed by atoms with Gasteiger partial charge in [0, 0.05) is 6.61 Å². The molecule has 0 amide bonds. The van der Waals surface area contributed by atoms with Crippen LogP contribution in [0.2, 0.25) is 0 Å². The maximum Gasteiger partial charge on any atom is 0.0683 e. The first-order valence-electron chi connectivity index (χ1n) is 6.38. The van der Waals surface area contributed by atoms with Crippen molar-refractivity contribution < 1.29 is 4.74 Å². The molecule has 3 heteroatoms. The summed E-state index contributed by atoms with van der Waals surface area (Å²) in [7, 11) is 0. The Kier molecular flexibility index (Phi) is 5.79. The van der Waals surface area contributed by atoms with E-state index in [4.69, 9.17) is 10.00 Å². The van der Waals surface area contributed by atoms with Crippen molar-refractivity contribution in [2.75, 3.05) is 19.7 Å². The molecule has 0 aromatic rings. The lowest BCUT2D eigenvalue weighted by Crippen LogP contribution is -2.32. The zero-order valence-electron chi connectivity index (χ0n) is 10.6. The van der Waals surface area contributed by atoms with Crippen LogP contribution in [0, 0.1) is 16.7 Å². The second-order valence-electron chi connectivity index (χ2n) is 5.27. The van der Waals surface area contributed by atoms with Crippen LogP contribution in [0.25, 0.3) is 0 Å². The average molecular weight is 224 g/mol. The summed E-state index contributed by atoms with van der Waals surface area (Å²) in [5.41, 5.74) is -0.172. The van der Waals surface area contributed by atoms with Crippen LogP contribution in [-0.4, -0.2) is 25.8 Å². The van der Waals surface area contributed by atoms with Crippen molar-refractivity contribution in [1.82, 2.24) is 5.32 Å². The van der Waals surface area contributed by atoms with Gasteiger partial charge in [0.15, 0.2) is 0 Å². The number of hydrogen-bond donors (Lipinski definition) is 1. The lowest BCUT2D eigenvalue weighted by atomic mass is 9.89. The molecule has 1 aliphatic heterocycles. The van der Waals surface area contributed by atoms with E-state index in [0.29, 0.717) is 6.10 Å². The Morgan fingerprint density at radius 1 is 1.31 bits per heavy atom. The van der Waals surface area contributed by atoms with Gasteiger partial charge in [-0.15, -0.1) is 0 Å². The maximum absolute atomic E-state index is 8.87. The highest BCUT2D eigenvalue weighted by molar-refractivity contribution is 4.91.